The molecule has 0 heterocycles. The van der Waals surface area contributed by atoms with E-state index in [4.69, 9.17) is 14.9 Å². The van der Waals surface area contributed by atoms with Gasteiger partial charge >= 0.3 is 12.1 Å². The Hall–Kier alpha value is -1.34. The summed E-state index contributed by atoms with van der Waals surface area (Å²) in [6, 6.07) is 0. The summed E-state index contributed by atoms with van der Waals surface area (Å²) in [5, 5.41) is 17.6. The summed E-state index contributed by atoms with van der Waals surface area (Å²) in [6.07, 6.45) is 1.88. The minimum Gasteiger partial charge on any atom is -0.480 e. The lowest BCUT2D eigenvalue weighted by molar-refractivity contribution is -0.138. The molecule has 0 aliphatic heterocycles. The average molecular weight is 290 g/mol. The van der Waals surface area contributed by atoms with E-state index in [2.05, 4.69) is 6.92 Å². The van der Waals surface area contributed by atoms with Gasteiger partial charge in [0.05, 0.1) is 0 Å². The smallest absolute Gasteiger partial charge is 0.407 e. The van der Waals surface area contributed by atoms with Gasteiger partial charge in [-0.3, -0.25) is 14.6 Å². The van der Waals surface area contributed by atoms with E-state index in [0.717, 1.165) is 30.7 Å². The van der Waals surface area contributed by atoms with E-state index >= 15 is 0 Å². The zero-order chi connectivity index (χ0) is 15.5. The first-order chi connectivity index (χ1) is 9.42. The molecule has 0 aromatic carbocycles. The molecule has 0 radical (unpaired) electrons. The number of amides is 1. The highest BCUT2D eigenvalue weighted by Crippen LogP contribution is 2.05. The molecule has 1 atom stereocenters. The molecule has 0 aliphatic carbocycles. The highest BCUT2D eigenvalue weighted by molar-refractivity contribution is 5.75. The van der Waals surface area contributed by atoms with Gasteiger partial charge in [-0.1, -0.05) is 19.8 Å². The van der Waals surface area contributed by atoms with Gasteiger partial charge in [-0.15, -0.1) is 0 Å². The summed E-state index contributed by atoms with van der Waals surface area (Å²) in [5.74, 6) is -1.15. The predicted octanol–water partition coefficient (Wildman–Crippen LogP) is 1.54. The third-order valence-electron chi connectivity index (χ3n) is 3.16. The molecule has 0 saturated carbocycles. The number of ether oxygens (including phenoxy) is 1. The van der Waals surface area contributed by atoms with Crippen molar-refractivity contribution in [3.63, 3.8) is 0 Å². The first-order valence-electron chi connectivity index (χ1n) is 6.88. The predicted molar refractivity (Wildman–Crippen MR) is 74.8 cm³/mol. The molecule has 118 valence electrons. The Balaban J connectivity index is 4.39. The van der Waals surface area contributed by atoms with Crippen LogP contribution in [0, 0.1) is 0 Å². The number of rotatable bonds is 11. The Morgan fingerprint density at radius 1 is 1.15 bits per heavy atom. The number of nitrogens with zero attached hydrogens (tertiary/aromatic N) is 2. The second-order valence-electron chi connectivity index (χ2n) is 4.68. The molecule has 0 bridgehead atoms. The number of hydrogen-bond acceptors (Lipinski definition) is 4. The molecule has 1 unspecified atom stereocenters. The van der Waals surface area contributed by atoms with Crippen LogP contribution in [0.2, 0.25) is 0 Å². The summed E-state index contributed by atoms with van der Waals surface area (Å²) < 4.78 is 5.26. The van der Waals surface area contributed by atoms with Crippen molar-refractivity contribution in [1.82, 2.24) is 9.80 Å². The second kappa shape index (κ2) is 10.4. The summed E-state index contributed by atoms with van der Waals surface area (Å²) in [7, 11) is 1.60. The fourth-order valence-corrected chi connectivity index (χ4v) is 1.84. The van der Waals surface area contributed by atoms with Crippen LogP contribution in [0.4, 0.5) is 4.79 Å². The number of carboxylic acid groups (broad SMARTS) is 2. The molecule has 2 N–H and O–H groups in total. The molecule has 7 nitrogen and oxygen atoms in total. The van der Waals surface area contributed by atoms with Crippen LogP contribution < -0.4 is 0 Å². The largest absolute Gasteiger partial charge is 0.480 e. The molecule has 20 heavy (non-hydrogen) atoms. The fraction of sp³-hybridized carbons (Fsp3) is 0.846. The van der Waals surface area contributed by atoms with Crippen LogP contribution in [0.15, 0.2) is 0 Å². The average Bonchev–Trinajstić information content (AvgIpc) is 2.39. The molecule has 7 heteroatoms. The molecular weight excluding hydrogens is 264 g/mol. The number of aliphatic carboxylic acids is 1. The molecule has 1 amide bonds. The van der Waals surface area contributed by atoms with Crippen molar-refractivity contribution < 1.29 is 24.5 Å². The molecule has 0 saturated heterocycles. The van der Waals surface area contributed by atoms with Gasteiger partial charge in [-0.25, -0.2) is 4.79 Å². The number of carboxylic acids is 1. The minimum absolute atomic E-state index is 0.118. The first kappa shape index (κ1) is 18.7. The molecule has 0 rings (SSSR count). The van der Waals surface area contributed by atoms with Gasteiger partial charge in [-0.2, -0.15) is 0 Å². The zero-order valence-corrected chi connectivity index (χ0v) is 12.5. The van der Waals surface area contributed by atoms with Crippen LogP contribution in [0.25, 0.3) is 0 Å². The molecular formula is C13H26N2O5. The van der Waals surface area contributed by atoms with Crippen molar-refractivity contribution >= 4 is 12.1 Å². The monoisotopic (exact) mass is 290 g/mol. The van der Waals surface area contributed by atoms with E-state index in [1.807, 2.05) is 11.8 Å². The van der Waals surface area contributed by atoms with Gasteiger partial charge in [-0.05, 0) is 13.3 Å². The molecule has 0 aromatic rings. The van der Waals surface area contributed by atoms with E-state index in [9.17, 15) is 9.59 Å². The lowest BCUT2D eigenvalue weighted by atomic mass is 10.2. The van der Waals surface area contributed by atoms with Crippen molar-refractivity contribution in [3.8, 4) is 0 Å². The third kappa shape index (κ3) is 7.96. The van der Waals surface area contributed by atoms with Crippen molar-refractivity contribution in [2.75, 3.05) is 33.3 Å². The lowest BCUT2D eigenvalue weighted by Gasteiger charge is -2.29. The molecule has 0 fully saturated rings. The normalized spacial score (nSPS) is 12.4. The lowest BCUT2D eigenvalue weighted by Crippen LogP contribution is -2.44. The quantitative estimate of drug-likeness (QED) is 0.443. The summed E-state index contributed by atoms with van der Waals surface area (Å²) in [6.45, 7) is 4.93. The second-order valence-corrected chi connectivity index (χ2v) is 4.68. The molecule has 0 aromatic heterocycles. The molecule has 0 spiro atoms. The van der Waals surface area contributed by atoms with Crippen LogP contribution in [-0.4, -0.2) is 71.6 Å². The summed E-state index contributed by atoms with van der Waals surface area (Å²) in [4.78, 5) is 24.5. The maximum absolute atomic E-state index is 11.0. The van der Waals surface area contributed by atoms with Gasteiger partial charge in [0.2, 0.25) is 0 Å². The maximum Gasteiger partial charge on any atom is 0.407 e. The number of hydrogen-bond donors (Lipinski definition) is 2. The minimum atomic E-state index is -1.22. The standard InChI is InChI=1S/C13H26N2O5/c1-4-5-6-7-14(11(2)20-3)8-9-15(13(18)19)10-12(16)17/h11H,4-10H2,1-3H3,(H,16,17)(H,18,19). The van der Waals surface area contributed by atoms with Crippen LogP contribution >= 0.6 is 0 Å². The fourth-order valence-electron chi connectivity index (χ4n) is 1.84. The van der Waals surface area contributed by atoms with E-state index in [1.165, 1.54) is 0 Å². The highest BCUT2D eigenvalue weighted by atomic mass is 16.5. The van der Waals surface area contributed by atoms with E-state index in [1.54, 1.807) is 7.11 Å². The van der Waals surface area contributed by atoms with Crippen molar-refractivity contribution in [1.29, 1.82) is 0 Å². The van der Waals surface area contributed by atoms with Crippen LogP contribution in [0.5, 0.6) is 0 Å². The Bertz CT molecular complexity index is 298. The van der Waals surface area contributed by atoms with Crippen molar-refractivity contribution in [2.24, 2.45) is 0 Å². The highest BCUT2D eigenvalue weighted by Gasteiger charge is 2.19. The molecule has 0 aliphatic rings. The number of carbonyl (C=O) groups is 2. The van der Waals surface area contributed by atoms with Crippen molar-refractivity contribution in [3.05, 3.63) is 0 Å². The Morgan fingerprint density at radius 3 is 2.25 bits per heavy atom. The van der Waals surface area contributed by atoms with E-state index < -0.39 is 18.6 Å². The first-order valence-corrected chi connectivity index (χ1v) is 6.88. The van der Waals surface area contributed by atoms with Crippen LogP contribution in [-0.2, 0) is 9.53 Å². The zero-order valence-electron chi connectivity index (χ0n) is 12.5. The Kier molecular flexibility index (Phi) is 9.75. The SMILES string of the molecule is CCCCCN(CCN(CC(=O)O)C(=O)O)C(C)OC. The topological polar surface area (TPSA) is 90.3 Å². The van der Waals surface area contributed by atoms with Gasteiger partial charge < -0.3 is 14.9 Å². The Morgan fingerprint density at radius 2 is 1.80 bits per heavy atom. The van der Waals surface area contributed by atoms with Crippen LogP contribution in [0.3, 0.4) is 0 Å². The number of methoxy groups -OCH3 is 1. The van der Waals surface area contributed by atoms with Gasteiger partial charge in [0.25, 0.3) is 0 Å². The van der Waals surface area contributed by atoms with E-state index in [0.29, 0.717) is 6.54 Å². The van der Waals surface area contributed by atoms with Crippen molar-refractivity contribution in [2.45, 2.75) is 39.3 Å². The van der Waals surface area contributed by atoms with Gasteiger partial charge in [0.1, 0.15) is 12.8 Å². The van der Waals surface area contributed by atoms with Gasteiger partial charge in [0.15, 0.2) is 0 Å². The summed E-state index contributed by atoms with van der Waals surface area (Å²) >= 11 is 0. The third-order valence-corrected chi connectivity index (χ3v) is 3.16. The maximum atomic E-state index is 11.0. The van der Waals surface area contributed by atoms with E-state index in [-0.39, 0.29) is 12.8 Å². The summed E-state index contributed by atoms with van der Waals surface area (Å²) in [5.41, 5.74) is 0. The Labute approximate surface area is 120 Å². The van der Waals surface area contributed by atoms with Crippen LogP contribution in [0.1, 0.15) is 33.1 Å². The number of unbranched alkanes of at least 4 members (excludes halogenated alkanes) is 2. The van der Waals surface area contributed by atoms with Gasteiger partial charge in [0, 0.05) is 26.7 Å².